The molecule has 1 rings (SSSR count). The van der Waals surface area contributed by atoms with Gasteiger partial charge in [0.15, 0.2) is 0 Å². The Bertz CT molecular complexity index is 150. The van der Waals surface area contributed by atoms with Gasteiger partial charge in [-0.2, -0.15) is 0 Å². The Labute approximate surface area is 85.0 Å². The van der Waals surface area contributed by atoms with Gasteiger partial charge in [0.1, 0.15) is 5.75 Å². The number of hydrogen-bond acceptors (Lipinski definition) is 1. The molecule has 2 heteroatoms. The van der Waals surface area contributed by atoms with Crippen LogP contribution in [0.3, 0.4) is 0 Å². The Balaban J connectivity index is 0.000000640. The molecule has 45 valence electrons. The van der Waals surface area contributed by atoms with Crippen LogP contribution < -0.4 is 4.74 Å². The molecule has 0 atom stereocenters. The SMILES string of the molecule is COc1cc[c]cc1.[CaH2]. The number of methoxy groups -OCH3 is 1. The predicted molar refractivity (Wildman–Crippen MR) is 40.4 cm³/mol. The molecule has 1 aromatic rings. The van der Waals surface area contributed by atoms with Crippen molar-refractivity contribution >= 4 is 37.7 Å². The zero-order valence-electron chi connectivity index (χ0n) is 4.72. The first-order valence-corrected chi connectivity index (χ1v) is 2.43. The van der Waals surface area contributed by atoms with E-state index in [-0.39, 0.29) is 37.7 Å². The van der Waals surface area contributed by atoms with Gasteiger partial charge in [-0.25, -0.2) is 0 Å². The predicted octanol–water partition coefficient (Wildman–Crippen LogP) is 0.579. The molecule has 1 nitrogen and oxygen atoms in total. The van der Waals surface area contributed by atoms with Crippen molar-refractivity contribution in [1.29, 1.82) is 0 Å². The number of ether oxygens (including phenoxy) is 1. The number of hydrogen-bond donors (Lipinski definition) is 0. The summed E-state index contributed by atoms with van der Waals surface area (Å²) in [6, 6.07) is 10.2. The molecule has 0 N–H and O–H groups in total. The molecule has 0 amide bonds. The summed E-state index contributed by atoms with van der Waals surface area (Å²) in [7, 11) is 1.65. The van der Waals surface area contributed by atoms with Crippen LogP contribution >= 0.6 is 0 Å². The van der Waals surface area contributed by atoms with Crippen molar-refractivity contribution in [2.75, 3.05) is 7.11 Å². The minimum absolute atomic E-state index is 0. The zero-order valence-corrected chi connectivity index (χ0v) is 4.72. The molecular formula is C7H9CaO. The average molecular weight is 149 g/mol. The summed E-state index contributed by atoms with van der Waals surface area (Å²) < 4.78 is 4.89. The van der Waals surface area contributed by atoms with Crippen LogP contribution in [0.2, 0.25) is 0 Å². The first-order chi connectivity index (χ1) is 3.93. The van der Waals surface area contributed by atoms with Gasteiger partial charge >= 0.3 is 37.7 Å². The Hall–Kier alpha value is 0.280. The van der Waals surface area contributed by atoms with Crippen molar-refractivity contribution in [3.05, 3.63) is 30.3 Å². The molecular weight excluding hydrogens is 140 g/mol. The molecule has 0 aromatic heterocycles. The first kappa shape index (κ1) is 9.28. The minimum atomic E-state index is 0. The molecule has 0 aliphatic heterocycles. The van der Waals surface area contributed by atoms with Crippen molar-refractivity contribution in [3.63, 3.8) is 0 Å². The summed E-state index contributed by atoms with van der Waals surface area (Å²) in [4.78, 5) is 0. The van der Waals surface area contributed by atoms with Gasteiger partial charge in [-0.3, -0.25) is 0 Å². The fraction of sp³-hybridized carbons (Fsp3) is 0.143. The van der Waals surface area contributed by atoms with Crippen LogP contribution in [0, 0.1) is 6.07 Å². The van der Waals surface area contributed by atoms with E-state index < -0.39 is 0 Å². The van der Waals surface area contributed by atoms with E-state index in [0.717, 1.165) is 5.75 Å². The first-order valence-electron chi connectivity index (χ1n) is 2.43. The van der Waals surface area contributed by atoms with Crippen molar-refractivity contribution in [3.8, 4) is 5.75 Å². The molecule has 0 saturated heterocycles. The Morgan fingerprint density at radius 2 is 1.89 bits per heavy atom. The van der Waals surface area contributed by atoms with E-state index in [1.54, 1.807) is 7.11 Å². The summed E-state index contributed by atoms with van der Waals surface area (Å²) >= 11 is 0. The maximum atomic E-state index is 4.89. The molecule has 0 saturated carbocycles. The normalized spacial score (nSPS) is 7.67. The van der Waals surface area contributed by atoms with Crippen LogP contribution in [-0.4, -0.2) is 44.8 Å². The average Bonchev–Trinajstić information content (AvgIpc) is 1.90. The van der Waals surface area contributed by atoms with Crippen molar-refractivity contribution in [2.24, 2.45) is 0 Å². The van der Waals surface area contributed by atoms with E-state index >= 15 is 0 Å². The number of benzene rings is 1. The van der Waals surface area contributed by atoms with Crippen molar-refractivity contribution in [2.45, 2.75) is 0 Å². The Morgan fingerprint density at radius 1 is 1.33 bits per heavy atom. The standard InChI is InChI=1S/C7H7O.Ca.2H/c1-8-7-5-3-2-4-6-7;;;/h3-6H,1H3;;;. The summed E-state index contributed by atoms with van der Waals surface area (Å²) in [5.41, 5.74) is 0. The fourth-order valence-electron chi connectivity index (χ4n) is 0.508. The van der Waals surface area contributed by atoms with Gasteiger partial charge < -0.3 is 4.74 Å². The van der Waals surface area contributed by atoms with Crippen LogP contribution in [0.25, 0.3) is 0 Å². The quantitative estimate of drug-likeness (QED) is 0.531. The van der Waals surface area contributed by atoms with Crippen LogP contribution in [-0.2, 0) is 0 Å². The fourth-order valence-corrected chi connectivity index (χ4v) is 0.508. The molecule has 0 bridgehead atoms. The molecule has 0 unspecified atom stereocenters. The maximum absolute atomic E-state index is 4.89. The molecule has 9 heavy (non-hydrogen) atoms. The summed E-state index contributed by atoms with van der Waals surface area (Å²) in [6.45, 7) is 0. The van der Waals surface area contributed by atoms with Crippen LogP contribution in [0.5, 0.6) is 5.75 Å². The molecule has 1 aromatic carbocycles. The summed E-state index contributed by atoms with van der Waals surface area (Å²) in [6.07, 6.45) is 0. The molecule has 0 spiro atoms. The molecule has 0 fully saturated rings. The second-order valence-electron chi connectivity index (χ2n) is 1.44. The third-order valence-electron chi connectivity index (χ3n) is 0.923. The van der Waals surface area contributed by atoms with Gasteiger partial charge in [0.05, 0.1) is 7.11 Å². The van der Waals surface area contributed by atoms with Crippen molar-refractivity contribution in [1.82, 2.24) is 0 Å². The van der Waals surface area contributed by atoms with Crippen LogP contribution in [0.4, 0.5) is 0 Å². The van der Waals surface area contributed by atoms with E-state index in [0.29, 0.717) is 0 Å². The topological polar surface area (TPSA) is 9.23 Å². The van der Waals surface area contributed by atoms with Crippen LogP contribution in [0.15, 0.2) is 24.3 Å². The van der Waals surface area contributed by atoms with E-state index in [9.17, 15) is 0 Å². The molecule has 1 radical (unpaired) electrons. The van der Waals surface area contributed by atoms with Gasteiger partial charge in [0, 0.05) is 0 Å². The Kier molecular flexibility index (Phi) is 5.25. The van der Waals surface area contributed by atoms with E-state index in [2.05, 4.69) is 6.07 Å². The number of rotatable bonds is 1. The van der Waals surface area contributed by atoms with Gasteiger partial charge in [-0.15, -0.1) is 0 Å². The summed E-state index contributed by atoms with van der Waals surface area (Å²) in [5, 5.41) is 0. The van der Waals surface area contributed by atoms with Crippen LogP contribution in [0.1, 0.15) is 0 Å². The molecule has 0 heterocycles. The Morgan fingerprint density at radius 3 is 2.22 bits per heavy atom. The summed E-state index contributed by atoms with van der Waals surface area (Å²) in [5.74, 6) is 0.878. The van der Waals surface area contributed by atoms with E-state index in [1.807, 2.05) is 24.3 Å². The molecule has 0 aliphatic rings. The monoisotopic (exact) mass is 149 g/mol. The van der Waals surface area contributed by atoms with Gasteiger partial charge in [-0.05, 0) is 18.2 Å². The van der Waals surface area contributed by atoms with E-state index in [1.165, 1.54) is 0 Å². The third-order valence-corrected chi connectivity index (χ3v) is 0.923. The zero-order chi connectivity index (χ0) is 5.82. The van der Waals surface area contributed by atoms with Gasteiger partial charge in [0.2, 0.25) is 0 Å². The molecule has 0 aliphatic carbocycles. The van der Waals surface area contributed by atoms with Crippen molar-refractivity contribution < 1.29 is 4.74 Å². The van der Waals surface area contributed by atoms with Gasteiger partial charge in [-0.1, -0.05) is 12.1 Å². The second kappa shape index (κ2) is 5.10. The van der Waals surface area contributed by atoms with Gasteiger partial charge in [0.25, 0.3) is 0 Å². The van der Waals surface area contributed by atoms with E-state index in [4.69, 9.17) is 4.74 Å². The second-order valence-corrected chi connectivity index (χ2v) is 1.44. The third kappa shape index (κ3) is 3.09.